The Balaban J connectivity index is 1.78. The first kappa shape index (κ1) is 18.4. The summed E-state index contributed by atoms with van der Waals surface area (Å²) in [4.78, 5) is 17.8. The Kier molecular flexibility index (Phi) is 4.29. The second kappa shape index (κ2) is 7.00. The molecule has 0 fully saturated rings. The molecule has 0 spiro atoms. The lowest BCUT2D eigenvalue weighted by Crippen LogP contribution is -2.19. The zero-order valence-corrected chi connectivity index (χ0v) is 17.1. The lowest BCUT2D eigenvalue weighted by atomic mass is 10.1. The molecule has 0 unspecified atom stereocenters. The Morgan fingerprint density at radius 1 is 1.07 bits per heavy atom. The number of pyridine rings is 1. The summed E-state index contributed by atoms with van der Waals surface area (Å²) in [5.74, 6) is 0.617. The van der Waals surface area contributed by atoms with Crippen LogP contribution in [-0.4, -0.2) is 26.3 Å². The Labute approximate surface area is 176 Å². The summed E-state index contributed by atoms with van der Waals surface area (Å²) in [5, 5.41) is 5.78. The van der Waals surface area contributed by atoms with Crippen molar-refractivity contribution in [3.05, 3.63) is 88.1 Å². The van der Waals surface area contributed by atoms with Gasteiger partial charge in [-0.15, -0.1) is 0 Å². The van der Waals surface area contributed by atoms with Gasteiger partial charge in [-0.25, -0.2) is 9.50 Å². The van der Waals surface area contributed by atoms with Gasteiger partial charge in [-0.1, -0.05) is 35.9 Å². The van der Waals surface area contributed by atoms with Crippen molar-refractivity contribution in [2.24, 2.45) is 0 Å². The molecule has 0 bridgehead atoms. The maximum Gasteiger partial charge on any atom is 0.266 e. The average molecular weight is 417 g/mol. The fraction of sp³-hybridized carbons (Fsp3) is 0.0870. The van der Waals surface area contributed by atoms with Crippen LogP contribution in [0.5, 0.6) is 5.75 Å². The molecule has 3 heterocycles. The molecule has 2 aromatic carbocycles. The van der Waals surface area contributed by atoms with E-state index < -0.39 is 0 Å². The molecule has 5 aromatic rings. The van der Waals surface area contributed by atoms with Crippen LogP contribution in [0.3, 0.4) is 0 Å². The number of ether oxygens (including phenoxy) is 1. The Bertz CT molecular complexity index is 1490. The summed E-state index contributed by atoms with van der Waals surface area (Å²) >= 11 is 6.18. The fourth-order valence-corrected chi connectivity index (χ4v) is 3.97. The third-order valence-electron chi connectivity index (χ3n) is 5.14. The van der Waals surface area contributed by atoms with Crippen molar-refractivity contribution in [1.29, 1.82) is 0 Å². The minimum Gasteiger partial charge on any atom is -0.495 e. The largest absolute Gasteiger partial charge is 0.495 e. The molecule has 3 aromatic heterocycles. The highest BCUT2D eigenvalue weighted by atomic mass is 35.5. The van der Waals surface area contributed by atoms with Crippen LogP contribution in [0.2, 0.25) is 5.02 Å². The van der Waals surface area contributed by atoms with Gasteiger partial charge in [0.25, 0.3) is 5.56 Å². The smallest absolute Gasteiger partial charge is 0.266 e. The van der Waals surface area contributed by atoms with Crippen LogP contribution < -0.4 is 10.3 Å². The summed E-state index contributed by atoms with van der Waals surface area (Å²) in [6.45, 7) is 1.92. The van der Waals surface area contributed by atoms with Gasteiger partial charge in [-0.3, -0.25) is 9.36 Å². The highest BCUT2D eigenvalue weighted by Gasteiger charge is 2.17. The molecule has 0 radical (unpaired) electrons. The highest BCUT2D eigenvalue weighted by Crippen LogP contribution is 2.30. The van der Waals surface area contributed by atoms with Crippen LogP contribution in [-0.2, 0) is 0 Å². The predicted octanol–water partition coefficient (Wildman–Crippen LogP) is 4.67. The summed E-state index contributed by atoms with van der Waals surface area (Å²) in [7, 11) is 1.58. The number of methoxy groups -OCH3 is 1. The lowest BCUT2D eigenvalue weighted by molar-refractivity contribution is 0.412. The minimum atomic E-state index is -0.191. The molecule has 0 aliphatic rings. The van der Waals surface area contributed by atoms with E-state index in [1.807, 2.05) is 61.5 Å². The monoisotopic (exact) mass is 416 g/mol. The normalized spacial score (nSPS) is 11.3. The summed E-state index contributed by atoms with van der Waals surface area (Å²) in [6, 6.07) is 16.8. The predicted molar refractivity (Wildman–Crippen MR) is 118 cm³/mol. The second-order valence-corrected chi connectivity index (χ2v) is 7.36. The second-order valence-electron chi connectivity index (χ2n) is 6.93. The first-order valence-corrected chi connectivity index (χ1v) is 9.75. The number of nitrogens with zero attached hydrogens (tertiary/aromatic N) is 4. The quantitative estimate of drug-likeness (QED) is 0.428. The third kappa shape index (κ3) is 2.76. The molecule has 0 aliphatic heterocycles. The van der Waals surface area contributed by atoms with Crippen LogP contribution in [0.4, 0.5) is 0 Å². The Morgan fingerprint density at radius 3 is 2.70 bits per heavy atom. The first-order valence-electron chi connectivity index (χ1n) is 9.37. The van der Waals surface area contributed by atoms with E-state index in [1.54, 1.807) is 28.6 Å². The molecule has 0 amide bonds. The van der Waals surface area contributed by atoms with Crippen molar-refractivity contribution in [2.75, 3.05) is 7.11 Å². The van der Waals surface area contributed by atoms with Crippen molar-refractivity contribution >= 4 is 28.2 Å². The molecule has 0 N–H and O–H groups in total. The zero-order valence-electron chi connectivity index (χ0n) is 16.3. The zero-order chi connectivity index (χ0) is 20.8. The highest BCUT2D eigenvalue weighted by molar-refractivity contribution is 6.30. The van der Waals surface area contributed by atoms with Crippen LogP contribution in [0.25, 0.3) is 33.4 Å². The van der Waals surface area contributed by atoms with Gasteiger partial charge in [0.2, 0.25) is 0 Å². The van der Waals surface area contributed by atoms with E-state index in [4.69, 9.17) is 16.3 Å². The molecule has 30 heavy (non-hydrogen) atoms. The molecule has 0 saturated heterocycles. The van der Waals surface area contributed by atoms with Gasteiger partial charge in [0.1, 0.15) is 5.75 Å². The number of hydrogen-bond acceptors (Lipinski definition) is 4. The number of aryl methyl sites for hydroxylation is 1. The molecule has 0 aliphatic carbocycles. The van der Waals surface area contributed by atoms with Crippen molar-refractivity contribution in [3.8, 4) is 22.6 Å². The number of fused-ring (bicyclic) bond motifs is 3. The van der Waals surface area contributed by atoms with E-state index in [9.17, 15) is 4.79 Å². The minimum absolute atomic E-state index is 0.191. The summed E-state index contributed by atoms with van der Waals surface area (Å²) in [5.41, 5.74) is 4.49. The third-order valence-corrected chi connectivity index (χ3v) is 5.38. The van der Waals surface area contributed by atoms with Crippen molar-refractivity contribution < 1.29 is 4.74 Å². The van der Waals surface area contributed by atoms with Crippen LogP contribution in [0, 0.1) is 6.92 Å². The van der Waals surface area contributed by atoms with Gasteiger partial charge in [-0.05, 0) is 42.8 Å². The summed E-state index contributed by atoms with van der Waals surface area (Å²) < 4.78 is 8.69. The van der Waals surface area contributed by atoms with Crippen LogP contribution >= 0.6 is 11.6 Å². The molecule has 6 nitrogen and oxygen atoms in total. The summed E-state index contributed by atoms with van der Waals surface area (Å²) in [6.07, 6.45) is 3.34. The topological polar surface area (TPSA) is 61.4 Å². The molecule has 0 saturated carbocycles. The van der Waals surface area contributed by atoms with E-state index in [0.29, 0.717) is 33.0 Å². The van der Waals surface area contributed by atoms with Crippen LogP contribution in [0.15, 0.2) is 71.8 Å². The number of para-hydroxylation sites is 2. The first-order chi connectivity index (χ1) is 14.6. The maximum absolute atomic E-state index is 13.3. The molecular formula is C23H17ClN4O2. The molecule has 148 valence electrons. The molecule has 7 heteroatoms. The standard InChI is InChI=1S/C23H17ClN4O2/c1-14-21(15-6-5-7-16(24)12-15)22-25-13-17-18(28(22)26-14)10-11-27(23(17)29)19-8-3-4-9-20(19)30-2/h3-13H,1-2H3. The number of hydrogen-bond donors (Lipinski definition) is 0. The van der Waals surface area contributed by atoms with E-state index in [1.165, 1.54) is 0 Å². The van der Waals surface area contributed by atoms with Crippen molar-refractivity contribution in [2.45, 2.75) is 6.92 Å². The maximum atomic E-state index is 13.3. The van der Waals surface area contributed by atoms with Gasteiger partial charge in [0.05, 0.1) is 29.4 Å². The molecular weight excluding hydrogens is 400 g/mol. The lowest BCUT2D eigenvalue weighted by Gasteiger charge is -2.11. The van der Waals surface area contributed by atoms with E-state index in [-0.39, 0.29) is 5.56 Å². The van der Waals surface area contributed by atoms with Gasteiger partial charge in [0.15, 0.2) is 5.65 Å². The molecule has 5 rings (SSSR count). The molecule has 0 atom stereocenters. The number of halogens is 1. The van der Waals surface area contributed by atoms with Crippen molar-refractivity contribution in [1.82, 2.24) is 19.2 Å². The SMILES string of the molecule is COc1ccccc1-n1ccc2c(cnc3c(-c4cccc(Cl)c4)c(C)nn32)c1=O. The average Bonchev–Trinajstić information content (AvgIpc) is 3.10. The van der Waals surface area contributed by atoms with Gasteiger partial charge < -0.3 is 4.74 Å². The van der Waals surface area contributed by atoms with Crippen LogP contribution in [0.1, 0.15) is 5.69 Å². The van der Waals surface area contributed by atoms with Gasteiger partial charge >= 0.3 is 0 Å². The fourth-order valence-electron chi connectivity index (χ4n) is 3.78. The Hall–Kier alpha value is -3.64. The van der Waals surface area contributed by atoms with E-state index >= 15 is 0 Å². The van der Waals surface area contributed by atoms with E-state index in [0.717, 1.165) is 16.8 Å². The van der Waals surface area contributed by atoms with Gasteiger partial charge in [-0.2, -0.15) is 5.10 Å². The number of benzene rings is 2. The Morgan fingerprint density at radius 2 is 1.90 bits per heavy atom. The van der Waals surface area contributed by atoms with Crippen molar-refractivity contribution in [3.63, 3.8) is 0 Å². The number of aromatic nitrogens is 4. The number of rotatable bonds is 3. The van der Waals surface area contributed by atoms with E-state index in [2.05, 4.69) is 10.1 Å². The van der Waals surface area contributed by atoms with Gasteiger partial charge in [0, 0.05) is 23.0 Å².